The summed E-state index contributed by atoms with van der Waals surface area (Å²) in [4.78, 5) is 9.03. The summed E-state index contributed by atoms with van der Waals surface area (Å²) in [6, 6.07) is 5.32. The molecule has 0 saturated heterocycles. The number of nitrogens with zero attached hydrogens (tertiary/aromatic N) is 2. The Morgan fingerprint density at radius 3 is 2.53 bits per heavy atom. The van der Waals surface area contributed by atoms with Crippen LogP contribution in [0.5, 0.6) is 0 Å². The summed E-state index contributed by atoms with van der Waals surface area (Å²) in [5.74, 6) is 1.46. The molecule has 3 nitrogen and oxygen atoms in total. The highest BCUT2D eigenvalue weighted by Crippen LogP contribution is 2.29. The quantitative estimate of drug-likeness (QED) is 0.906. The molecule has 2 rings (SSSR count). The molecule has 0 bridgehead atoms. The fourth-order valence-corrected chi connectivity index (χ4v) is 2.25. The van der Waals surface area contributed by atoms with Crippen LogP contribution in [-0.2, 0) is 0 Å². The molecule has 100 valence electrons. The minimum absolute atomic E-state index is 0.554. The molecule has 0 aliphatic carbocycles. The van der Waals surface area contributed by atoms with Crippen molar-refractivity contribution in [3.8, 4) is 11.4 Å². The van der Waals surface area contributed by atoms with Crippen LogP contribution in [0.1, 0.15) is 18.2 Å². The zero-order valence-electron chi connectivity index (χ0n) is 11.1. The van der Waals surface area contributed by atoms with E-state index in [4.69, 9.17) is 23.2 Å². The summed E-state index contributed by atoms with van der Waals surface area (Å²) in [6.07, 6.45) is 0. The predicted molar refractivity (Wildman–Crippen MR) is 81.1 cm³/mol. The van der Waals surface area contributed by atoms with E-state index in [-0.39, 0.29) is 0 Å². The second kappa shape index (κ2) is 5.76. The molecular weight excluding hydrogens is 281 g/mol. The molecule has 0 aliphatic heterocycles. The molecule has 1 aromatic heterocycles. The predicted octanol–water partition coefficient (Wildman–Crippen LogP) is 4.50. The molecule has 1 aromatic carbocycles. The van der Waals surface area contributed by atoms with Crippen molar-refractivity contribution in [2.75, 3.05) is 11.9 Å². The normalized spacial score (nSPS) is 10.6. The van der Waals surface area contributed by atoms with E-state index < -0.39 is 0 Å². The first-order valence-electron chi connectivity index (χ1n) is 6.07. The third kappa shape index (κ3) is 2.99. The topological polar surface area (TPSA) is 37.8 Å². The Kier molecular flexibility index (Phi) is 4.27. The van der Waals surface area contributed by atoms with Gasteiger partial charge in [0.1, 0.15) is 5.82 Å². The van der Waals surface area contributed by atoms with Gasteiger partial charge in [-0.25, -0.2) is 9.97 Å². The van der Waals surface area contributed by atoms with Crippen molar-refractivity contribution in [2.24, 2.45) is 0 Å². The molecular formula is C14H15Cl2N3. The lowest BCUT2D eigenvalue weighted by atomic mass is 10.2. The van der Waals surface area contributed by atoms with Gasteiger partial charge in [0.15, 0.2) is 5.82 Å². The zero-order chi connectivity index (χ0) is 14.0. The molecule has 0 atom stereocenters. The second-order valence-corrected chi connectivity index (χ2v) is 5.10. The van der Waals surface area contributed by atoms with Crippen molar-refractivity contribution >= 4 is 29.0 Å². The van der Waals surface area contributed by atoms with Crippen LogP contribution >= 0.6 is 23.2 Å². The Bertz CT molecular complexity index is 612. The van der Waals surface area contributed by atoms with Gasteiger partial charge in [-0.3, -0.25) is 0 Å². The Hall–Kier alpha value is -1.32. The smallest absolute Gasteiger partial charge is 0.163 e. The average molecular weight is 296 g/mol. The van der Waals surface area contributed by atoms with Crippen LogP contribution in [0.3, 0.4) is 0 Å². The van der Waals surface area contributed by atoms with Crippen LogP contribution in [-0.4, -0.2) is 16.5 Å². The van der Waals surface area contributed by atoms with E-state index in [0.29, 0.717) is 15.9 Å². The highest BCUT2D eigenvalue weighted by Gasteiger charge is 2.12. The molecule has 0 amide bonds. The second-order valence-electron chi connectivity index (χ2n) is 4.26. The van der Waals surface area contributed by atoms with Gasteiger partial charge in [0.2, 0.25) is 0 Å². The summed E-state index contributed by atoms with van der Waals surface area (Å²) >= 11 is 12.1. The number of hydrogen-bond donors (Lipinski definition) is 1. The third-order valence-electron chi connectivity index (χ3n) is 2.91. The van der Waals surface area contributed by atoms with E-state index in [0.717, 1.165) is 29.2 Å². The van der Waals surface area contributed by atoms with Gasteiger partial charge < -0.3 is 5.32 Å². The Morgan fingerprint density at radius 1 is 1.16 bits per heavy atom. The van der Waals surface area contributed by atoms with Crippen molar-refractivity contribution in [3.05, 3.63) is 39.5 Å². The maximum absolute atomic E-state index is 6.20. The van der Waals surface area contributed by atoms with Gasteiger partial charge in [0, 0.05) is 28.4 Å². The molecule has 1 heterocycles. The van der Waals surface area contributed by atoms with Gasteiger partial charge in [-0.15, -0.1) is 0 Å². The maximum atomic E-state index is 6.20. The molecule has 5 heteroatoms. The van der Waals surface area contributed by atoms with Crippen molar-refractivity contribution in [1.82, 2.24) is 9.97 Å². The lowest BCUT2D eigenvalue weighted by Gasteiger charge is -2.12. The van der Waals surface area contributed by atoms with Crippen molar-refractivity contribution in [2.45, 2.75) is 20.8 Å². The monoisotopic (exact) mass is 295 g/mol. The molecule has 0 unspecified atom stereocenters. The number of rotatable bonds is 3. The van der Waals surface area contributed by atoms with E-state index in [2.05, 4.69) is 15.3 Å². The summed E-state index contributed by atoms with van der Waals surface area (Å²) < 4.78 is 0. The standard InChI is InChI=1S/C14H15Cl2N3/c1-4-17-13-8(2)9(3)18-14(19-13)11-6-5-10(15)7-12(11)16/h5-7H,4H2,1-3H3,(H,17,18,19). The molecule has 0 saturated carbocycles. The van der Waals surface area contributed by atoms with Gasteiger partial charge in [-0.05, 0) is 39.0 Å². The number of aromatic nitrogens is 2. The van der Waals surface area contributed by atoms with Crippen LogP contribution in [0.2, 0.25) is 10.0 Å². The van der Waals surface area contributed by atoms with Crippen molar-refractivity contribution in [1.29, 1.82) is 0 Å². The number of benzene rings is 1. The van der Waals surface area contributed by atoms with E-state index in [1.807, 2.05) is 26.8 Å². The molecule has 19 heavy (non-hydrogen) atoms. The lowest BCUT2D eigenvalue weighted by Crippen LogP contribution is -2.06. The van der Waals surface area contributed by atoms with Gasteiger partial charge >= 0.3 is 0 Å². The minimum atomic E-state index is 0.554. The van der Waals surface area contributed by atoms with E-state index >= 15 is 0 Å². The van der Waals surface area contributed by atoms with Crippen LogP contribution in [0.15, 0.2) is 18.2 Å². The van der Waals surface area contributed by atoms with Crippen LogP contribution in [0.4, 0.5) is 5.82 Å². The lowest BCUT2D eigenvalue weighted by molar-refractivity contribution is 1.05. The fraction of sp³-hybridized carbons (Fsp3) is 0.286. The molecule has 2 aromatic rings. The van der Waals surface area contributed by atoms with E-state index in [1.165, 1.54) is 0 Å². The Balaban J connectivity index is 2.56. The minimum Gasteiger partial charge on any atom is -0.370 e. The van der Waals surface area contributed by atoms with Gasteiger partial charge in [0.05, 0.1) is 5.02 Å². The van der Waals surface area contributed by atoms with Crippen molar-refractivity contribution < 1.29 is 0 Å². The molecule has 0 radical (unpaired) electrons. The van der Waals surface area contributed by atoms with Crippen molar-refractivity contribution in [3.63, 3.8) is 0 Å². The van der Waals surface area contributed by atoms with E-state index in [9.17, 15) is 0 Å². The molecule has 1 N–H and O–H groups in total. The van der Waals surface area contributed by atoms with Gasteiger partial charge in [0.25, 0.3) is 0 Å². The Labute approximate surface area is 123 Å². The summed E-state index contributed by atoms with van der Waals surface area (Å²) in [5.41, 5.74) is 2.77. The first kappa shape index (κ1) is 14.1. The molecule has 0 aliphatic rings. The zero-order valence-corrected chi connectivity index (χ0v) is 12.6. The first-order valence-corrected chi connectivity index (χ1v) is 6.83. The number of halogens is 2. The highest BCUT2D eigenvalue weighted by molar-refractivity contribution is 6.36. The summed E-state index contributed by atoms with van der Waals surface area (Å²) in [5, 5.41) is 4.39. The van der Waals surface area contributed by atoms with E-state index in [1.54, 1.807) is 12.1 Å². The maximum Gasteiger partial charge on any atom is 0.163 e. The number of hydrogen-bond acceptors (Lipinski definition) is 3. The van der Waals surface area contributed by atoms with Gasteiger partial charge in [-0.1, -0.05) is 23.2 Å². The van der Waals surface area contributed by atoms with Crippen LogP contribution in [0, 0.1) is 13.8 Å². The van der Waals surface area contributed by atoms with Gasteiger partial charge in [-0.2, -0.15) is 0 Å². The summed E-state index contributed by atoms with van der Waals surface area (Å²) in [7, 11) is 0. The SMILES string of the molecule is CCNc1nc(-c2ccc(Cl)cc2Cl)nc(C)c1C. The summed E-state index contributed by atoms with van der Waals surface area (Å²) in [6.45, 7) is 6.81. The molecule has 0 spiro atoms. The average Bonchev–Trinajstić information content (AvgIpc) is 2.35. The Morgan fingerprint density at radius 2 is 1.89 bits per heavy atom. The molecule has 0 fully saturated rings. The third-order valence-corrected chi connectivity index (χ3v) is 3.45. The highest BCUT2D eigenvalue weighted by atomic mass is 35.5. The largest absolute Gasteiger partial charge is 0.370 e. The van der Waals surface area contributed by atoms with Crippen LogP contribution in [0.25, 0.3) is 11.4 Å². The fourth-order valence-electron chi connectivity index (χ4n) is 1.76. The first-order chi connectivity index (χ1) is 9.02. The number of anilines is 1. The number of aryl methyl sites for hydroxylation is 1. The number of nitrogens with one attached hydrogen (secondary N) is 1. The van der Waals surface area contributed by atoms with Crippen LogP contribution < -0.4 is 5.32 Å².